The number of fused-ring (bicyclic) bond motifs is 2. The minimum absolute atomic E-state index is 0.0539. The Morgan fingerprint density at radius 1 is 0.964 bits per heavy atom. The maximum Gasteiger partial charge on any atom is 0.234 e. The van der Waals surface area contributed by atoms with E-state index in [1.54, 1.807) is 12.1 Å². The molecule has 0 spiro atoms. The van der Waals surface area contributed by atoms with Gasteiger partial charge in [-0.1, -0.05) is 61.5 Å². The number of amides is 1. The van der Waals surface area contributed by atoms with E-state index >= 15 is 0 Å². The maximum absolute atomic E-state index is 14.6. The Hall–Kier alpha value is -2.68. The number of piperidine rings is 1. The van der Waals surface area contributed by atoms with Gasteiger partial charge < -0.3 is 4.90 Å². The number of rotatable bonds is 3. The van der Waals surface area contributed by atoms with Crippen LogP contribution < -0.4 is 0 Å². The first kappa shape index (κ1) is 17.4. The van der Waals surface area contributed by atoms with Crippen molar-refractivity contribution in [2.24, 2.45) is 5.41 Å². The van der Waals surface area contributed by atoms with Crippen LogP contribution in [0.3, 0.4) is 0 Å². The van der Waals surface area contributed by atoms with Crippen LogP contribution in [0.15, 0.2) is 66.7 Å². The summed E-state index contributed by atoms with van der Waals surface area (Å²) in [5.74, 6) is -0.219. The fourth-order valence-electron chi connectivity index (χ4n) is 5.24. The topological polar surface area (TPSA) is 20.3 Å². The van der Waals surface area contributed by atoms with E-state index in [0.717, 1.165) is 12.0 Å². The lowest BCUT2D eigenvalue weighted by Crippen LogP contribution is -2.46. The van der Waals surface area contributed by atoms with Gasteiger partial charge in [0.05, 0.1) is 11.0 Å². The van der Waals surface area contributed by atoms with E-state index in [0.29, 0.717) is 12.1 Å². The zero-order valence-corrected chi connectivity index (χ0v) is 16.5. The summed E-state index contributed by atoms with van der Waals surface area (Å²) in [4.78, 5) is 15.6. The molecule has 1 heterocycles. The second kappa shape index (κ2) is 5.44. The van der Waals surface area contributed by atoms with Crippen molar-refractivity contribution in [2.45, 2.75) is 38.1 Å². The monoisotopic (exact) mass is 373 g/mol. The third-order valence-electron chi connectivity index (χ3n) is 7.14. The molecule has 1 aliphatic heterocycles. The number of benzene rings is 3. The molecule has 3 aromatic rings. The highest BCUT2D eigenvalue weighted by atomic mass is 19.1. The predicted molar refractivity (Wildman–Crippen MR) is 109 cm³/mol. The summed E-state index contributed by atoms with van der Waals surface area (Å²) in [5, 5.41) is 2.35. The molecule has 5 rings (SSSR count). The second-order valence-electron chi connectivity index (χ2n) is 9.13. The Labute approximate surface area is 165 Å². The molecule has 28 heavy (non-hydrogen) atoms. The average molecular weight is 373 g/mol. The van der Waals surface area contributed by atoms with Gasteiger partial charge in [-0.15, -0.1) is 0 Å². The first-order chi connectivity index (χ1) is 13.3. The Morgan fingerprint density at radius 2 is 1.64 bits per heavy atom. The predicted octanol–water partition coefficient (Wildman–Crippen LogP) is 5.40. The highest BCUT2D eigenvalue weighted by Gasteiger charge is 2.77. The summed E-state index contributed by atoms with van der Waals surface area (Å²) in [6, 6.07) is 21.4. The lowest BCUT2D eigenvalue weighted by molar-refractivity contribution is -0.136. The Balaban J connectivity index is 1.57. The summed E-state index contributed by atoms with van der Waals surface area (Å²) >= 11 is 0. The maximum atomic E-state index is 14.6. The van der Waals surface area contributed by atoms with Crippen LogP contribution in [-0.2, 0) is 15.7 Å². The minimum atomic E-state index is -0.716. The summed E-state index contributed by atoms with van der Waals surface area (Å²) in [5.41, 5.74) is 0.273. The van der Waals surface area contributed by atoms with Gasteiger partial charge in [0.1, 0.15) is 5.82 Å². The minimum Gasteiger partial charge on any atom is -0.332 e. The molecule has 1 amide bonds. The van der Waals surface area contributed by atoms with Crippen LogP contribution in [0.4, 0.5) is 4.39 Å². The number of halogens is 1. The SMILES string of the molecule is CC(C)(c1ccc2ccccc2c1)N1CC2(C)CC2(c2ccccc2F)C1=O. The van der Waals surface area contributed by atoms with Crippen LogP contribution in [0, 0.1) is 11.2 Å². The Morgan fingerprint density at radius 3 is 2.39 bits per heavy atom. The van der Waals surface area contributed by atoms with E-state index in [1.807, 2.05) is 23.1 Å². The molecule has 3 aromatic carbocycles. The van der Waals surface area contributed by atoms with Crippen molar-refractivity contribution in [1.82, 2.24) is 4.90 Å². The fraction of sp³-hybridized carbons (Fsp3) is 0.320. The van der Waals surface area contributed by atoms with Crippen molar-refractivity contribution >= 4 is 16.7 Å². The lowest BCUT2D eigenvalue weighted by atomic mass is 9.87. The first-order valence-electron chi connectivity index (χ1n) is 9.86. The molecule has 2 fully saturated rings. The molecule has 3 heteroatoms. The number of hydrogen-bond donors (Lipinski definition) is 0. The summed E-state index contributed by atoms with van der Waals surface area (Å²) in [6.45, 7) is 6.96. The summed E-state index contributed by atoms with van der Waals surface area (Å²) in [6.07, 6.45) is 0.726. The van der Waals surface area contributed by atoms with Crippen molar-refractivity contribution in [2.75, 3.05) is 6.54 Å². The molecular weight excluding hydrogens is 349 g/mol. The Bertz CT molecular complexity index is 1120. The van der Waals surface area contributed by atoms with Gasteiger partial charge in [0.2, 0.25) is 5.91 Å². The van der Waals surface area contributed by atoms with E-state index < -0.39 is 11.0 Å². The van der Waals surface area contributed by atoms with E-state index in [4.69, 9.17) is 0 Å². The van der Waals surface area contributed by atoms with Crippen LogP contribution in [-0.4, -0.2) is 17.4 Å². The normalized spacial score (nSPS) is 26.6. The van der Waals surface area contributed by atoms with Gasteiger partial charge in [-0.05, 0) is 48.7 Å². The summed E-state index contributed by atoms with van der Waals surface area (Å²) in [7, 11) is 0. The van der Waals surface area contributed by atoms with Crippen LogP contribution in [0.5, 0.6) is 0 Å². The van der Waals surface area contributed by atoms with E-state index in [1.165, 1.54) is 16.8 Å². The van der Waals surface area contributed by atoms with Crippen molar-refractivity contribution in [3.8, 4) is 0 Å². The molecule has 0 bridgehead atoms. The number of nitrogens with zero attached hydrogens (tertiary/aromatic N) is 1. The lowest BCUT2D eigenvalue weighted by Gasteiger charge is -2.38. The van der Waals surface area contributed by atoms with E-state index in [-0.39, 0.29) is 17.1 Å². The molecule has 2 unspecified atom stereocenters. The molecule has 1 saturated carbocycles. The zero-order valence-electron chi connectivity index (χ0n) is 16.5. The number of likely N-dealkylation sites (tertiary alicyclic amines) is 1. The van der Waals surface area contributed by atoms with E-state index in [9.17, 15) is 9.18 Å². The molecule has 0 N–H and O–H groups in total. The van der Waals surface area contributed by atoms with Crippen molar-refractivity contribution in [3.63, 3.8) is 0 Å². The van der Waals surface area contributed by atoms with Crippen molar-refractivity contribution in [3.05, 3.63) is 83.7 Å². The fourth-order valence-corrected chi connectivity index (χ4v) is 5.24. The van der Waals surface area contributed by atoms with Gasteiger partial charge in [-0.25, -0.2) is 4.39 Å². The van der Waals surface area contributed by atoms with Crippen LogP contribution in [0.1, 0.15) is 38.3 Å². The average Bonchev–Trinajstić information content (AvgIpc) is 3.24. The molecule has 2 atom stereocenters. The zero-order chi connectivity index (χ0) is 19.7. The third kappa shape index (κ3) is 2.10. The Kier molecular flexibility index (Phi) is 3.38. The van der Waals surface area contributed by atoms with Crippen molar-refractivity contribution in [1.29, 1.82) is 0 Å². The number of hydrogen-bond acceptors (Lipinski definition) is 1. The van der Waals surface area contributed by atoms with Crippen LogP contribution >= 0.6 is 0 Å². The van der Waals surface area contributed by atoms with Gasteiger partial charge in [-0.3, -0.25) is 4.79 Å². The molecule has 1 saturated heterocycles. The van der Waals surface area contributed by atoms with E-state index in [2.05, 4.69) is 51.1 Å². The second-order valence-corrected chi connectivity index (χ2v) is 9.13. The molecule has 1 aliphatic carbocycles. The van der Waals surface area contributed by atoms with Gasteiger partial charge in [-0.2, -0.15) is 0 Å². The molecule has 0 aromatic heterocycles. The largest absolute Gasteiger partial charge is 0.332 e. The third-order valence-corrected chi connectivity index (χ3v) is 7.14. The molecule has 2 aliphatic rings. The highest BCUT2D eigenvalue weighted by Crippen LogP contribution is 2.70. The van der Waals surface area contributed by atoms with Gasteiger partial charge in [0.25, 0.3) is 0 Å². The number of carbonyl (C=O) groups excluding carboxylic acids is 1. The molecule has 2 nitrogen and oxygen atoms in total. The molecule has 0 radical (unpaired) electrons. The number of carbonyl (C=O) groups is 1. The summed E-state index contributed by atoms with van der Waals surface area (Å²) < 4.78 is 14.6. The van der Waals surface area contributed by atoms with Gasteiger partial charge in [0.15, 0.2) is 0 Å². The smallest absolute Gasteiger partial charge is 0.234 e. The van der Waals surface area contributed by atoms with Crippen LogP contribution in [0.2, 0.25) is 0 Å². The quantitative estimate of drug-likeness (QED) is 0.602. The first-order valence-corrected chi connectivity index (χ1v) is 9.86. The van der Waals surface area contributed by atoms with Gasteiger partial charge in [0, 0.05) is 17.5 Å². The van der Waals surface area contributed by atoms with Crippen LogP contribution in [0.25, 0.3) is 10.8 Å². The van der Waals surface area contributed by atoms with Crippen molar-refractivity contribution < 1.29 is 9.18 Å². The molecular formula is C25H24FNO. The molecule has 142 valence electrons. The van der Waals surface area contributed by atoms with Gasteiger partial charge >= 0.3 is 0 Å². The standard InChI is InChI=1S/C25H24FNO/c1-23(2,19-13-12-17-8-4-5-9-18(17)14-19)27-16-24(3)15-25(24,22(27)28)20-10-6-7-11-21(20)26/h4-14H,15-16H2,1-3H3. The highest BCUT2D eigenvalue weighted by molar-refractivity contribution is 5.97.